The largest absolute Gasteiger partial charge is 0.271 e. The Bertz CT molecular complexity index is 613. The number of aryl methyl sites for hydroxylation is 1. The highest BCUT2D eigenvalue weighted by Crippen LogP contribution is 2.34. The fraction of sp³-hybridized carbons (Fsp3) is 0.438. The van der Waals surface area contributed by atoms with Gasteiger partial charge < -0.3 is 0 Å². The van der Waals surface area contributed by atoms with Crippen LogP contribution in [0.15, 0.2) is 34.9 Å². The molecule has 4 nitrogen and oxygen atoms in total. The van der Waals surface area contributed by atoms with E-state index >= 15 is 0 Å². The Morgan fingerprint density at radius 2 is 2.00 bits per heavy atom. The van der Waals surface area contributed by atoms with Gasteiger partial charge >= 0.3 is 0 Å². The summed E-state index contributed by atoms with van der Waals surface area (Å²) in [7, 11) is 0. The number of hydrazine groups is 1. The summed E-state index contributed by atoms with van der Waals surface area (Å²) in [6.45, 7) is 9.52. The average Bonchev–Trinajstić information content (AvgIpc) is 2.81. The molecule has 1 aromatic heterocycles. The fourth-order valence-electron chi connectivity index (χ4n) is 2.66. The predicted molar refractivity (Wildman–Crippen MR) is 89.9 cm³/mol. The molecule has 0 bridgehead atoms. The van der Waals surface area contributed by atoms with Crippen LogP contribution in [0, 0.1) is 0 Å². The van der Waals surface area contributed by atoms with E-state index in [9.17, 15) is 0 Å². The van der Waals surface area contributed by atoms with Crippen LogP contribution in [0.3, 0.4) is 0 Å². The lowest BCUT2D eigenvalue weighted by atomic mass is 9.81. The van der Waals surface area contributed by atoms with Gasteiger partial charge in [-0.15, -0.1) is 0 Å². The van der Waals surface area contributed by atoms with Crippen molar-refractivity contribution >= 4 is 15.9 Å². The Hall–Kier alpha value is -1.17. The number of benzene rings is 1. The minimum atomic E-state index is -0.0998. The van der Waals surface area contributed by atoms with Gasteiger partial charge in [0.05, 0.1) is 22.4 Å². The molecule has 1 heterocycles. The molecule has 0 aliphatic heterocycles. The van der Waals surface area contributed by atoms with E-state index in [0.717, 1.165) is 16.7 Å². The molecule has 0 saturated carbocycles. The molecule has 2 aromatic rings. The van der Waals surface area contributed by atoms with Crippen LogP contribution in [0.25, 0.3) is 0 Å². The molecule has 21 heavy (non-hydrogen) atoms. The van der Waals surface area contributed by atoms with E-state index in [1.54, 1.807) is 0 Å². The normalized spacial score (nSPS) is 13.4. The lowest BCUT2D eigenvalue weighted by Gasteiger charge is -2.27. The standard InChI is InChI=1S/C16H23BrN4/c1-5-21-15(13(17)10-19-21)14(20-18)11-8-6-7-9-12(11)16(2,3)4/h6-10,14,20H,5,18H2,1-4H3. The second-order valence-electron chi connectivity index (χ2n) is 6.13. The molecule has 114 valence electrons. The van der Waals surface area contributed by atoms with Crippen LogP contribution >= 0.6 is 15.9 Å². The predicted octanol–water partition coefficient (Wildman–Crippen LogP) is 3.52. The first-order chi connectivity index (χ1) is 9.90. The summed E-state index contributed by atoms with van der Waals surface area (Å²) in [5.74, 6) is 5.89. The maximum atomic E-state index is 5.89. The van der Waals surface area contributed by atoms with Gasteiger partial charge in [-0.25, -0.2) is 5.43 Å². The summed E-state index contributed by atoms with van der Waals surface area (Å²) in [4.78, 5) is 0. The van der Waals surface area contributed by atoms with Crippen molar-refractivity contribution < 1.29 is 0 Å². The quantitative estimate of drug-likeness (QED) is 0.655. The maximum Gasteiger partial charge on any atom is 0.0892 e. The molecule has 0 fully saturated rings. The third kappa shape index (κ3) is 3.20. The summed E-state index contributed by atoms with van der Waals surface area (Å²) < 4.78 is 2.93. The van der Waals surface area contributed by atoms with Crippen molar-refractivity contribution in [3.8, 4) is 0 Å². The van der Waals surface area contributed by atoms with E-state index in [4.69, 9.17) is 5.84 Å². The van der Waals surface area contributed by atoms with Crippen molar-refractivity contribution in [2.75, 3.05) is 0 Å². The van der Waals surface area contributed by atoms with Crippen LogP contribution in [0.1, 0.15) is 50.6 Å². The van der Waals surface area contributed by atoms with Crippen molar-refractivity contribution in [2.45, 2.75) is 45.7 Å². The molecule has 5 heteroatoms. The summed E-state index contributed by atoms with van der Waals surface area (Å²) in [6, 6.07) is 8.32. The zero-order valence-corrected chi connectivity index (χ0v) is 14.6. The summed E-state index contributed by atoms with van der Waals surface area (Å²) in [5, 5.41) is 4.39. The highest BCUT2D eigenvalue weighted by molar-refractivity contribution is 9.10. The number of hydrogen-bond donors (Lipinski definition) is 2. The number of nitrogens with one attached hydrogen (secondary N) is 1. The SMILES string of the molecule is CCn1ncc(Br)c1C(NN)c1ccccc1C(C)(C)C. The van der Waals surface area contributed by atoms with Crippen LogP contribution in [-0.4, -0.2) is 9.78 Å². The van der Waals surface area contributed by atoms with E-state index in [1.807, 2.05) is 10.9 Å². The molecule has 0 radical (unpaired) electrons. The Morgan fingerprint density at radius 3 is 2.57 bits per heavy atom. The van der Waals surface area contributed by atoms with Gasteiger partial charge in [0, 0.05) is 6.54 Å². The zero-order chi connectivity index (χ0) is 15.6. The second kappa shape index (κ2) is 6.30. The number of nitrogens with zero attached hydrogens (tertiary/aromatic N) is 2. The van der Waals surface area contributed by atoms with Crippen molar-refractivity contribution in [1.82, 2.24) is 15.2 Å². The zero-order valence-electron chi connectivity index (χ0n) is 13.0. The first kappa shape index (κ1) is 16.2. The van der Waals surface area contributed by atoms with Crippen molar-refractivity contribution in [2.24, 2.45) is 5.84 Å². The smallest absolute Gasteiger partial charge is 0.0892 e. The number of hydrogen-bond acceptors (Lipinski definition) is 3. The molecule has 0 saturated heterocycles. The van der Waals surface area contributed by atoms with E-state index in [2.05, 4.69) is 78.4 Å². The molecule has 0 aliphatic carbocycles. The van der Waals surface area contributed by atoms with Gasteiger partial charge in [-0.3, -0.25) is 10.5 Å². The van der Waals surface area contributed by atoms with E-state index < -0.39 is 0 Å². The topological polar surface area (TPSA) is 55.9 Å². The second-order valence-corrected chi connectivity index (χ2v) is 6.98. The molecule has 1 atom stereocenters. The minimum Gasteiger partial charge on any atom is -0.271 e. The van der Waals surface area contributed by atoms with E-state index in [-0.39, 0.29) is 11.5 Å². The summed E-state index contributed by atoms with van der Waals surface area (Å²) in [6.07, 6.45) is 1.82. The van der Waals surface area contributed by atoms with Crippen molar-refractivity contribution in [3.63, 3.8) is 0 Å². The van der Waals surface area contributed by atoms with Gasteiger partial charge in [-0.05, 0) is 39.4 Å². The lowest BCUT2D eigenvalue weighted by Crippen LogP contribution is -2.33. The minimum absolute atomic E-state index is 0.0508. The van der Waals surface area contributed by atoms with E-state index in [0.29, 0.717) is 0 Å². The summed E-state index contributed by atoms with van der Waals surface area (Å²) in [5.41, 5.74) is 6.53. The molecule has 2 rings (SSSR count). The van der Waals surface area contributed by atoms with E-state index in [1.165, 1.54) is 11.1 Å². The fourth-order valence-corrected chi connectivity index (χ4v) is 3.18. The van der Waals surface area contributed by atoms with Crippen LogP contribution in [-0.2, 0) is 12.0 Å². The van der Waals surface area contributed by atoms with Crippen molar-refractivity contribution in [1.29, 1.82) is 0 Å². The third-order valence-electron chi connectivity index (χ3n) is 3.65. The molecule has 1 aromatic carbocycles. The highest BCUT2D eigenvalue weighted by Gasteiger charge is 2.26. The number of aromatic nitrogens is 2. The van der Waals surface area contributed by atoms with Crippen molar-refractivity contribution in [3.05, 3.63) is 51.8 Å². The Balaban J connectivity index is 2.60. The first-order valence-electron chi connectivity index (χ1n) is 7.16. The number of nitrogens with two attached hydrogens (primary N) is 1. The molecule has 0 spiro atoms. The first-order valence-corrected chi connectivity index (χ1v) is 7.96. The van der Waals surface area contributed by atoms with Crippen LogP contribution in [0.2, 0.25) is 0 Å². The molecule has 3 N–H and O–H groups in total. The highest BCUT2D eigenvalue weighted by atomic mass is 79.9. The Kier molecular flexibility index (Phi) is 4.86. The van der Waals surface area contributed by atoms with Crippen LogP contribution in [0.4, 0.5) is 0 Å². The maximum absolute atomic E-state index is 5.89. The lowest BCUT2D eigenvalue weighted by molar-refractivity contribution is 0.520. The third-order valence-corrected chi connectivity index (χ3v) is 4.26. The Morgan fingerprint density at radius 1 is 1.33 bits per heavy atom. The number of rotatable bonds is 4. The summed E-state index contributed by atoms with van der Waals surface area (Å²) >= 11 is 3.59. The average molecular weight is 351 g/mol. The van der Waals surface area contributed by atoms with Gasteiger partial charge in [0.15, 0.2) is 0 Å². The molecular weight excluding hydrogens is 328 g/mol. The Labute approximate surface area is 134 Å². The monoisotopic (exact) mass is 350 g/mol. The van der Waals surface area contributed by atoms with Gasteiger partial charge in [-0.1, -0.05) is 45.0 Å². The van der Waals surface area contributed by atoms with Gasteiger partial charge in [0.1, 0.15) is 0 Å². The van der Waals surface area contributed by atoms with Crippen LogP contribution in [0.5, 0.6) is 0 Å². The van der Waals surface area contributed by atoms with Gasteiger partial charge in [0.25, 0.3) is 0 Å². The van der Waals surface area contributed by atoms with Gasteiger partial charge in [-0.2, -0.15) is 5.10 Å². The van der Waals surface area contributed by atoms with Crippen LogP contribution < -0.4 is 11.3 Å². The molecule has 0 aliphatic rings. The van der Waals surface area contributed by atoms with Gasteiger partial charge in [0.2, 0.25) is 0 Å². The number of halogens is 1. The molecular formula is C16H23BrN4. The molecule has 0 amide bonds. The molecule has 1 unspecified atom stereocenters.